The number of benzene rings is 2. The van der Waals surface area contributed by atoms with Crippen LogP contribution in [-0.4, -0.2) is 62.1 Å². The Balaban J connectivity index is 1.52. The molecular weight excluding hydrogens is 358 g/mol. The fourth-order valence-corrected chi connectivity index (χ4v) is 3.66. The Labute approximate surface area is 164 Å². The van der Waals surface area contributed by atoms with Gasteiger partial charge in [0.05, 0.1) is 0 Å². The molecule has 7 heteroatoms. The molecule has 2 aliphatic heterocycles. The lowest BCUT2D eigenvalue weighted by Gasteiger charge is -2.37. The number of hydrogen-bond donors (Lipinski definition) is 0. The van der Waals surface area contributed by atoms with Gasteiger partial charge in [-0.2, -0.15) is 0 Å². The molecule has 0 radical (unpaired) electrons. The van der Waals surface area contributed by atoms with Crippen molar-refractivity contribution >= 4 is 17.5 Å². The van der Waals surface area contributed by atoms with Gasteiger partial charge in [0.1, 0.15) is 12.6 Å². The summed E-state index contributed by atoms with van der Waals surface area (Å²) in [6.07, 6.45) is 0. The Kier molecular flexibility index (Phi) is 4.92. The van der Waals surface area contributed by atoms with Gasteiger partial charge >= 0.3 is 0 Å². The highest BCUT2D eigenvalue weighted by Gasteiger charge is 2.34. The molecule has 2 aromatic carbocycles. The normalized spacial score (nSPS) is 17.2. The van der Waals surface area contributed by atoms with E-state index in [1.54, 1.807) is 9.80 Å². The van der Waals surface area contributed by atoms with Crippen molar-refractivity contribution in [3.8, 4) is 11.5 Å². The second kappa shape index (κ2) is 7.52. The maximum atomic E-state index is 13.3. The summed E-state index contributed by atoms with van der Waals surface area (Å²) < 4.78 is 10.8. The van der Waals surface area contributed by atoms with Gasteiger partial charge in [-0.25, -0.2) is 0 Å². The smallest absolute Gasteiger partial charge is 0.246 e. The van der Waals surface area contributed by atoms with Gasteiger partial charge in [-0.3, -0.25) is 14.5 Å². The number of piperazine rings is 1. The van der Waals surface area contributed by atoms with Crippen molar-refractivity contribution < 1.29 is 19.1 Å². The Morgan fingerprint density at radius 3 is 2.50 bits per heavy atom. The summed E-state index contributed by atoms with van der Waals surface area (Å²) in [6, 6.07) is 14.6. The molecule has 0 N–H and O–H groups in total. The number of rotatable bonds is 4. The minimum absolute atomic E-state index is 0.0720. The van der Waals surface area contributed by atoms with E-state index in [1.807, 2.05) is 67.5 Å². The highest BCUT2D eigenvalue weighted by atomic mass is 16.7. The summed E-state index contributed by atoms with van der Waals surface area (Å²) in [7, 11) is 3.71. The van der Waals surface area contributed by atoms with E-state index in [0.29, 0.717) is 24.6 Å². The lowest BCUT2D eigenvalue weighted by Crippen LogP contribution is -2.54. The zero-order valence-corrected chi connectivity index (χ0v) is 16.0. The molecule has 1 fully saturated rings. The van der Waals surface area contributed by atoms with Crippen LogP contribution in [0.25, 0.3) is 0 Å². The quantitative estimate of drug-likeness (QED) is 0.810. The molecule has 28 heavy (non-hydrogen) atoms. The fraction of sp³-hybridized carbons (Fsp3) is 0.333. The molecule has 2 heterocycles. The average Bonchev–Trinajstić information content (AvgIpc) is 3.16. The van der Waals surface area contributed by atoms with Crippen molar-refractivity contribution in [2.45, 2.75) is 6.04 Å². The van der Waals surface area contributed by atoms with E-state index in [2.05, 4.69) is 0 Å². The number of fused-ring (bicyclic) bond motifs is 1. The minimum Gasteiger partial charge on any atom is -0.454 e. The van der Waals surface area contributed by atoms with Crippen LogP contribution in [0.5, 0.6) is 11.5 Å². The van der Waals surface area contributed by atoms with E-state index in [0.717, 1.165) is 11.3 Å². The largest absolute Gasteiger partial charge is 0.454 e. The zero-order chi connectivity index (χ0) is 19.7. The summed E-state index contributed by atoms with van der Waals surface area (Å²) in [5, 5.41) is 0. The van der Waals surface area contributed by atoms with E-state index >= 15 is 0 Å². The van der Waals surface area contributed by atoms with E-state index in [-0.39, 0.29) is 25.2 Å². The van der Waals surface area contributed by atoms with Crippen LogP contribution in [0.2, 0.25) is 0 Å². The lowest BCUT2D eigenvalue weighted by molar-refractivity contribution is -0.141. The summed E-state index contributed by atoms with van der Waals surface area (Å²) >= 11 is 0. The van der Waals surface area contributed by atoms with Crippen LogP contribution in [0.15, 0.2) is 48.5 Å². The van der Waals surface area contributed by atoms with Crippen LogP contribution in [0, 0.1) is 0 Å². The average molecular weight is 381 g/mol. The third kappa shape index (κ3) is 3.41. The van der Waals surface area contributed by atoms with Gasteiger partial charge in [-0.15, -0.1) is 0 Å². The molecule has 0 aromatic heterocycles. The predicted molar refractivity (Wildman–Crippen MR) is 104 cm³/mol. The Morgan fingerprint density at radius 1 is 1.04 bits per heavy atom. The number of anilines is 1. The number of likely N-dealkylation sites (N-methyl/N-ethyl adjacent to an activating group) is 1. The molecule has 0 unspecified atom stereocenters. The van der Waals surface area contributed by atoms with Gasteiger partial charge in [0.25, 0.3) is 0 Å². The Bertz CT molecular complexity index is 884. The molecule has 0 aliphatic carbocycles. The standard InChI is InChI=1S/C21H23N3O4/c1-22(2)20(15-8-9-17-18(12-15)28-14-27-17)21(26)23-10-11-24(19(25)13-23)16-6-4-3-5-7-16/h3-9,12,20H,10-11,13-14H2,1-2H3/t20-/m0/s1. The third-order valence-electron chi connectivity index (χ3n) is 5.06. The molecule has 0 spiro atoms. The molecule has 146 valence electrons. The summed E-state index contributed by atoms with van der Waals surface area (Å²) in [4.78, 5) is 31.2. The van der Waals surface area contributed by atoms with Crippen molar-refractivity contribution in [2.75, 3.05) is 45.4 Å². The van der Waals surface area contributed by atoms with Gasteiger partial charge in [0.15, 0.2) is 11.5 Å². The van der Waals surface area contributed by atoms with Gasteiger partial charge in [-0.1, -0.05) is 24.3 Å². The molecule has 2 amide bonds. The SMILES string of the molecule is CN(C)[C@H](C(=O)N1CCN(c2ccccc2)C(=O)C1)c1ccc2c(c1)OCO2. The van der Waals surface area contributed by atoms with Crippen LogP contribution in [0.1, 0.15) is 11.6 Å². The van der Waals surface area contributed by atoms with Crippen molar-refractivity contribution in [2.24, 2.45) is 0 Å². The predicted octanol–water partition coefficient (Wildman–Crippen LogP) is 1.89. The first-order valence-electron chi connectivity index (χ1n) is 9.25. The number of carbonyl (C=O) groups is 2. The van der Waals surface area contributed by atoms with Gasteiger partial charge in [0, 0.05) is 18.8 Å². The molecule has 4 rings (SSSR count). The first-order valence-corrected chi connectivity index (χ1v) is 9.25. The summed E-state index contributed by atoms with van der Waals surface area (Å²) in [5.74, 6) is 1.15. The van der Waals surface area contributed by atoms with Crippen molar-refractivity contribution in [1.82, 2.24) is 9.80 Å². The van der Waals surface area contributed by atoms with E-state index in [9.17, 15) is 9.59 Å². The van der Waals surface area contributed by atoms with Crippen molar-refractivity contribution in [3.63, 3.8) is 0 Å². The van der Waals surface area contributed by atoms with Crippen LogP contribution in [0.4, 0.5) is 5.69 Å². The maximum Gasteiger partial charge on any atom is 0.246 e. The molecule has 7 nitrogen and oxygen atoms in total. The van der Waals surface area contributed by atoms with Gasteiger partial charge in [0.2, 0.25) is 18.6 Å². The topological polar surface area (TPSA) is 62.3 Å². The molecule has 2 aliphatic rings. The maximum absolute atomic E-state index is 13.3. The number of amides is 2. The highest BCUT2D eigenvalue weighted by Crippen LogP contribution is 2.35. The fourth-order valence-electron chi connectivity index (χ4n) is 3.66. The molecule has 2 aromatic rings. The minimum atomic E-state index is -0.495. The number of para-hydroxylation sites is 1. The highest BCUT2D eigenvalue weighted by molar-refractivity contribution is 5.98. The van der Waals surface area contributed by atoms with Crippen LogP contribution in [-0.2, 0) is 9.59 Å². The monoisotopic (exact) mass is 381 g/mol. The van der Waals surface area contributed by atoms with E-state index in [4.69, 9.17) is 9.47 Å². The zero-order valence-electron chi connectivity index (χ0n) is 16.0. The first kappa shape index (κ1) is 18.3. The lowest BCUT2D eigenvalue weighted by atomic mass is 10.0. The van der Waals surface area contributed by atoms with Crippen LogP contribution < -0.4 is 14.4 Å². The molecular formula is C21H23N3O4. The molecule has 0 saturated carbocycles. The van der Waals surface area contributed by atoms with E-state index in [1.165, 1.54) is 0 Å². The number of ether oxygens (including phenoxy) is 2. The van der Waals surface area contributed by atoms with E-state index < -0.39 is 6.04 Å². The molecule has 0 bridgehead atoms. The summed E-state index contributed by atoms with van der Waals surface area (Å²) in [5.41, 5.74) is 1.68. The molecule has 1 saturated heterocycles. The number of nitrogens with zero attached hydrogens (tertiary/aromatic N) is 3. The second-order valence-corrected chi connectivity index (χ2v) is 7.12. The number of carbonyl (C=O) groups excluding carboxylic acids is 2. The van der Waals surface area contributed by atoms with Gasteiger partial charge in [-0.05, 0) is 43.9 Å². The first-order chi connectivity index (χ1) is 13.5. The van der Waals surface area contributed by atoms with Crippen molar-refractivity contribution in [1.29, 1.82) is 0 Å². The van der Waals surface area contributed by atoms with Crippen molar-refractivity contribution in [3.05, 3.63) is 54.1 Å². The van der Waals surface area contributed by atoms with Crippen LogP contribution in [0.3, 0.4) is 0 Å². The number of hydrogen-bond acceptors (Lipinski definition) is 5. The third-order valence-corrected chi connectivity index (χ3v) is 5.06. The van der Waals surface area contributed by atoms with Gasteiger partial charge < -0.3 is 19.3 Å². The molecule has 1 atom stereocenters. The summed E-state index contributed by atoms with van der Waals surface area (Å²) in [6.45, 7) is 1.24. The van der Waals surface area contributed by atoms with Crippen LogP contribution >= 0.6 is 0 Å². The Morgan fingerprint density at radius 2 is 1.79 bits per heavy atom. The Hall–Kier alpha value is -3.06. The second-order valence-electron chi connectivity index (χ2n) is 7.12.